The van der Waals surface area contributed by atoms with Crippen molar-refractivity contribution in [3.63, 3.8) is 0 Å². The highest BCUT2D eigenvalue weighted by Gasteiger charge is 2.44. The van der Waals surface area contributed by atoms with Crippen LogP contribution in [0, 0.1) is 0 Å². The minimum atomic E-state index is -0.154. The second kappa shape index (κ2) is 9.92. The maximum atomic E-state index is 13.3. The number of hydrogen-bond donors (Lipinski definition) is 2. The minimum Gasteiger partial charge on any atom is -0.383 e. The van der Waals surface area contributed by atoms with Crippen LogP contribution in [0.3, 0.4) is 0 Å². The van der Waals surface area contributed by atoms with Gasteiger partial charge in [-0.25, -0.2) is 9.97 Å². The van der Waals surface area contributed by atoms with E-state index in [4.69, 9.17) is 10.7 Å². The summed E-state index contributed by atoms with van der Waals surface area (Å²) in [5, 5.41) is 11.2. The number of pyridine rings is 1. The number of aromatic amines is 1. The van der Waals surface area contributed by atoms with Gasteiger partial charge < -0.3 is 10.6 Å². The first-order valence-corrected chi connectivity index (χ1v) is 13.9. The number of nitrogen functional groups attached to an aromatic ring is 1. The normalized spacial score (nSPS) is 20.3. The van der Waals surface area contributed by atoms with Gasteiger partial charge in [-0.2, -0.15) is 9.61 Å². The Hall–Kier alpha value is -4.93. The van der Waals surface area contributed by atoms with Gasteiger partial charge in [0.05, 0.1) is 23.1 Å². The third-order valence-electron chi connectivity index (χ3n) is 8.41. The summed E-state index contributed by atoms with van der Waals surface area (Å²) in [6, 6.07) is 14.0. The molecule has 2 bridgehead atoms. The van der Waals surface area contributed by atoms with Crippen molar-refractivity contribution in [1.82, 2.24) is 39.7 Å². The van der Waals surface area contributed by atoms with Crippen LogP contribution < -0.4 is 5.73 Å². The summed E-state index contributed by atoms with van der Waals surface area (Å²) < 4.78 is 1.55. The highest BCUT2D eigenvalue weighted by Crippen LogP contribution is 2.43. The Labute approximate surface area is 235 Å². The first-order chi connectivity index (χ1) is 20.0. The Kier molecular flexibility index (Phi) is 6.06. The Morgan fingerprint density at radius 1 is 0.976 bits per heavy atom. The van der Waals surface area contributed by atoms with E-state index in [9.17, 15) is 9.59 Å². The van der Waals surface area contributed by atoms with Crippen molar-refractivity contribution in [2.24, 2.45) is 0 Å². The molecule has 2 aliphatic rings. The van der Waals surface area contributed by atoms with Crippen molar-refractivity contribution >= 4 is 23.2 Å². The number of H-pyrrole nitrogens is 1. The quantitative estimate of drug-likeness (QED) is 0.309. The average molecular weight is 548 g/mol. The molecule has 0 radical (unpaired) electrons. The number of benzene rings is 1. The second-order valence-corrected chi connectivity index (χ2v) is 10.8. The number of nitrogens with zero attached hydrogens (tertiary/aromatic N) is 7. The topological polar surface area (TPSA) is 148 Å². The molecule has 206 valence electrons. The Morgan fingerprint density at radius 3 is 2.41 bits per heavy atom. The molecule has 41 heavy (non-hydrogen) atoms. The zero-order valence-corrected chi connectivity index (χ0v) is 22.6. The number of amides is 1. The fourth-order valence-corrected chi connectivity index (χ4v) is 6.59. The number of ketones is 1. The fourth-order valence-electron chi connectivity index (χ4n) is 6.59. The van der Waals surface area contributed by atoms with Crippen LogP contribution in [0.1, 0.15) is 71.6 Å². The third-order valence-corrected chi connectivity index (χ3v) is 8.41. The number of fused-ring (bicyclic) bond motifs is 3. The first-order valence-electron chi connectivity index (χ1n) is 13.9. The molecule has 7 rings (SSSR count). The monoisotopic (exact) mass is 547 g/mol. The number of Topliss-reactive ketones (excluding diaryl/α,β-unsaturated/α-hetero) is 1. The Bertz CT molecular complexity index is 1730. The summed E-state index contributed by atoms with van der Waals surface area (Å²) in [5.41, 5.74) is 11.8. The minimum absolute atomic E-state index is 0.0108. The molecule has 0 aliphatic carbocycles. The molecule has 11 nitrogen and oxygen atoms in total. The second-order valence-electron chi connectivity index (χ2n) is 10.8. The molecular weight excluding hydrogens is 518 g/mol. The SMILES string of the molecule is CC(=O)c1c(C2C[C@H]3CCC[C@@H](C2)N3C(=O)c2nc[nH]n2)nc2c(-c3ccc(-c4ccccc4)nc3)cnn2c1N. The van der Waals surface area contributed by atoms with Gasteiger partial charge in [0.2, 0.25) is 5.82 Å². The summed E-state index contributed by atoms with van der Waals surface area (Å²) >= 11 is 0. The van der Waals surface area contributed by atoms with Crippen LogP contribution in [0.25, 0.3) is 28.0 Å². The van der Waals surface area contributed by atoms with Gasteiger partial charge in [-0.3, -0.25) is 19.7 Å². The maximum absolute atomic E-state index is 13.3. The summed E-state index contributed by atoms with van der Waals surface area (Å²) in [5.74, 6) is 0.126. The van der Waals surface area contributed by atoms with Crippen molar-refractivity contribution in [1.29, 1.82) is 0 Å². The van der Waals surface area contributed by atoms with E-state index >= 15 is 0 Å². The fraction of sp³-hybridized carbons (Fsp3) is 0.300. The van der Waals surface area contributed by atoms with Crippen LogP contribution in [0.15, 0.2) is 61.2 Å². The molecule has 4 aromatic heterocycles. The van der Waals surface area contributed by atoms with E-state index in [1.54, 1.807) is 10.7 Å². The van der Waals surface area contributed by atoms with Gasteiger partial charge >= 0.3 is 0 Å². The van der Waals surface area contributed by atoms with Crippen molar-refractivity contribution in [3.8, 4) is 22.4 Å². The Morgan fingerprint density at radius 2 is 1.76 bits per heavy atom. The van der Waals surface area contributed by atoms with E-state index in [-0.39, 0.29) is 41.3 Å². The van der Waals surface area contributed by atoms with Gasteiger partial charge in [-0.15, -0.1) is 5.10 Å². The molecule has 2 saturated heterocycles. The van der Waals surface area contributed by atoms with Gasteiger partial charge in [-0.05, 0) is 45.1 Å². The number of carbonyl (C=O) groups excluding carboxylic acids is 2. The summed E-state index contributed by atoms with van der Waals surface area (Å²) in [7, 11) is 0. The van der Waals surface area contributed by atoms with Gasteiger partial charge in [0.15, 0.2) is 11.4 Å². The Balaban J connectivity index is 1.27. The van der Waals surface area contributed by atoms with Gasteiger partial charge in [0.25, 0.3) is 5.91 Å². The molecule has 1 aromatic carbocycles. The lowest BCUT2D eigenvalue weighted by Crippen LogP contribution is -2.54. The van der Waals surface area contributed by atoms with Crippen LogP contribution in [0.5, 0.6) is 0 Å². The molecule has 2 fully saturated rings. The van der Waals surface area contributed by atoms with Crippen molar-refractivity contribution in [2.75, 3.05) is 5.73 Å². The van der Waals surface area contributed by atoms with Gasteiger partial charge in [0, 0.05) is 40.9 Å². The number of nitrogens with one attached hydrogen (secondary N) is 1. The largest absolute Gasteiger partial charge is 0.383 e. The molecule has 0 saturated carbocycles. The summed E-state index contributed by atoms with van der Waals surface area (Å²) in [4.78, 5) is 42.0. The van der Waals surface area contributed by atoms with Crippen LogP contribution in [-0.4, -0.2) is 63.4 Å². The summed E-state index contributed by atoms with van der Waals surface area (Å²) in [6.45, 7) is 1.52. The number of carbonyl (C=O) groups is 2. The van der Waals surface area contributed by atoms with E-state index < -0.39 is 0 Å². The molecule has 5 aromatic rings. The molecule has 1 unspecified atom stereocenters. The van der Waals surface area contributed by atoms with E-state index in [1.807, 2.05) is 53.6 Å². The van der Waals surface area contributed by atoms with Gasteiger partial charge in [-0.1, -0.05) is 36.4 Å². The van der Waals surface area contributed by atoms with Crippen molar-refractivity contribution in [3.05, 3.63) is 78.3 Å². The lowest BCUT2D eigenvalue weighted by molar-refractivity contribution is 0.0220. The maximum Gasteiger partial charge on any atom is 0.294 e. The highest BCUT2D eigenvalue weighted by atomic mass is 16.2. The van der Waals surface area contributed by atoms with Crippen molar-refractivity contribution < 1.29 is 9.59 Å². The van der Waals surface area contributed by atoms with E-state index in [1.165, 1.54) is 13.3 Å². The first kappa shape index (κ1) is 25.1. The predicted molar refractivity (Wildman–Crippen MR) is 152 cm³/mol. The number of hydrogen-bond acceptors (Lipinski definition) is 8. The molecular formula is C30H29N9O2. The number of piperidine rings is 2. The number of anilines is 1. The predicted octanol–water partition coefficient (Wildman–Crippen LogP) is 4.30. The zero-order chi connectivity index (χ0) is 28.1. The molecule has 3 N–H and O–H groups in total. The molecule has 1 amide bonds. The van der Waals surface area contributed by atoms with E-state index in [2.05, 4.69) is 25.3 Å². The van der Waals surface area contributed by atoms with Crippen LogP contribution in [-0.2, 0) is 0 Å². The smallest absolute Gasteiger partial charge is 0.294 e. The average Bonchev–Trinajstić information content (AvgIpc) is 3.67. The van der Waals surface area contributed by atoms with E-state index in [0.29, 0.717) is 29.7 Å². The van der Waals surface area contributed by atoms with Crippen LogP contribution >= 0.6 is 0 Å². The molecule has 11 heteroatoms. The lowest BCUT2D eigenvalue weighted by atomic mass is 9.76. The molecule has 2 aliphatic heterocycles. The number of aromatic nitrogens is 7. The molecule has 0 spiro atoms. The van der Waals surface area contributed by atoms with E-state index in [0.717, 1.165) is 41.6 Å². The lowest BCUT2D eigenvalue weighted by Gasteiger charge is -2.48. The third kappa shape index (κ3) is 4.24. The van der Waals surface area contributed by atoms with Crippen LogP contribution in [0.2, 0.25) is 0 Å². The summed E-state index contributed by atoms with van der Waals surface area (Å²) in [6.07, 6.45) is 9.14. The highest BCUT2D eigenvalue weighted by molar-refractivity contribution is 6.00. The van der Waals surface area contributed by atoms with Gasteiger partial charge in [0.1, 0.15) is 12.1 Å². The molecule has 3 atom stereocenters. The number of nitrogens with two attached hydrogens (primary N) is 1. The molecule has 6 heterocycles. The van der Waals surface area contributed by atoms with Crippen molar-refractivity contribution in [2.45, 2.75) is 57.0 Å². The van der Waals surface area contributed by atoms with Crippen LogP contribution in [0.4, 0.5) is 5.82 Å². The zero-order valence-electron chi connectivity index (χ0n) is 22.6. The standard InChI is InChI=1S/C30H29N9O2/c1-17(40)25-26(20-12-21-8-5-9-22(13-20)38(21)30(41)28-33-16-34-37-28)36-29-23(15-35-39(29)27(25)31)19-10-11-24(32-14-19)18-6-3-2-4-7-18/h2-4,6-7,10-11,14-16,20-22H,5,8-9,12-13,31H2,1H3,(H,33,34,37)/t20?,21-,22+. The number of rotatable bonds is 5.